The molecule has 0 saturated heterocycles. The van der Waals surface area contributed by atoms with Crippen LogP contribution in [0.2, 0.25) is 0 Å². The Balaban J connectivity index is 2.25. The summed E-state index contributed by atoms with van der Waals surface area (Å²) >= 11 is 8.18. The van der Waals surface area contributed by atoms with E-state index < -0.39 is 0 Å². The van der Waals surface area contributed by atoms with Crippen molar-refractivity contribution in [1.82, 2.24) is 0 Å². The maximum atomic E-state index is 12.3. The zero-order valence-electron chi connectivity index (χ0n) is 9.87. The summed E-state index contributed by atoms with van der Waals surface area (Å²) in [5, 5.41) is 2.66. The van der Waals surface area contributed by atoms with E-state index in [0.717, 1.165) is 7.57 Å². The summed E-state index contributed by atoms with van der Waals surface area (Å²) in [5.74, 6) is -0.188. The van der Waals surface area contributed by atoms with E-state index in [1.54, 1.807) is 30.3 Å². The molecular formula is C13H9Br2NO2S. The molecule has 2 aromatic rings. The molecule has 0 aliphatic carbocycles. The summed E-state index contributed by atoms with van der Waals surface area (Å²) in [4.78, 5) is 23.2. The Kier molecular flexibility index (Phi) is 4.54. The van der Waals surface area contributed by atoms with Gasteiger partial charge in [-0.15, -0.1) is 11.3 Å². The molecule has 1 aromatic carbocycles. The van der Waals surface area contributed by atoms with E-state index >= 15 is 0 Å². The van der Waals surface area contributed by atoms with Crippen LogP contribution in [-0.4, -0.2) is 11.7 Å². The smallest absolute Gasteiger partial charge is 0.221 e. The lowest BCUT2D eigenvalue weighted by atomic mass is 10.1. The number of thiophene rings is 1. The number of nitrogens with one attached hydrogen (secondary N) is 1. The first-order valence-corrected chi connectivity index (χ1v) is 7.75. The summed E-state index contributed by atoms with van der Waals surface area (Å²) in [7, 11) is 0. The van der Waals surface area contributed by atoms with Gasteiger partial charge in [0.2, 0.25) is 5.91 Å². The standard InChI is InChI=1S/C13H9Br2NO2S/c1-7(17)16-9-4-2-8(3-5-9)12(18)10-6-11(14)19-13(10)15/h2-6H,1H3,(H,16,17). The molecule has 2 rings (SSSR count). The Hall–Kier alpha value is -0.980. The summed E-state index contributed by atoms with van der Waals surface area (Å²) in [5.41, 5.74) is 1.89. The quantitative estimate of drug-likeness (QED) is 0.770. The predicted octanol–water partition coefficient (Wildman–Crippen LogP) is 4.46. The summed E-state index contributed by atoms with van der Waals surface area (Å²) < 4.78 is 1.70. The van der Waals surface area contributed by atoms with Crippen molar-refractivity contribution in [3.05, 3.63) is 49.0 Å². The van der Waals surface area contributed by atoms with Gasteiger partial charge >= 0.3 is 0 Å². The van der Waals surface area contributed by atoms with E-state index in [9.17, 15) is 9.59 Å². The van der Waals surface area contributed by atoms with Gasteiger partial charge in [-0.1, -0.05) is 0 Å². The zero-order valence-corrected chi connectivity index (χ0v) is 13.9. The van der Waals surface area contributed by atoms with Gasteiger partial charge in [0, 0.05) is 23.7 Å². The molecule has 0 atom stereocenters. The Bertz CT molecular complexity index is 635. The second-order valence-electron chi connectivity index (χ2n) is 3.83. The van der Waals surface area contributed by atoms with Gasteiger partial charge in [-0.2, -0.15) is 0 Å². The number of rotatable bonds is 3. The molecule has 1 aromatic heterocycles. The van der Waals surface area contributed by atoms with E-state index in [1.807, 2.05) is 0 Å². The summed E-state index contributed by atoms with van der Waals surface area (Å²) in [6.45, 7) is 1.44. The van der Waals surface area contributed by atoms with Crippen LogP contribution in [0.15, 0.2) is 37.9 Å². The molecule has 98 valence electrons. The maximum absolute atomic E-state index is 12.3. The minimum absolute atomic E-state index is 0.0526. The first-order chi connectivity index (χ1) is 8.97. The number of carbonyl (C=O) groups is 2. The van der Waals surface area contributed by atoms with Gasteiger partial charge in [0.15, 0.2) is 5.78 Å². The highest BCUT2D eigenvalue weighted by molar-refractivity contribution is 9.12. The molecule has 1 N–H and O–H groups in total. The fraction of sp³-hybridized carbons (Fsp3) is 0.0769. The predicted molar refractivity (Wildman–Crippen MR) is 83.9 cm³/mol. The van der Waals surface area contributed by atoms with Crippen molar-refractivity contribution in [3.63, 3.8) is 0 Å². The van der Waals surface area contributed by atoms with Gasteiger partial charge in [-0.3, -0.25) is 9.59 Å². The van der Waals surface area contributed by atoms with Gasteiger partial charge in [-0.25, -0.2) is 0 Å². The Labute approximate surface area is 131 Å². The molecule has 0 aliphatic rings. The third-order valence-electron chi connectivity index (χ3n) is 2.37. The normalized spacial score (nSPS) is 10.3. The van der Waals surface area contributed by atoms with E-state index in [2.05, 4.69) is 37.2 Å². The Morgan fingerprint density at radius 3 is 2.26 bits per heavy atom. The van der Waals surface area contributed by atoms with Gasteiger partial charge < -0.3 is 5.32 Å². The van der Waals surface area contributed by atoms with Crippen LogP contribution < -0.4 is 5.32 Å². The summed E-state index contributed by atoms with van der Waals surface area (Å²) in [6.07, 6.45) is 0. The minimum atomic E-state index is -0.136. The third kappa shape index (κ3) is 3.52. The number of benzene rings is 1. The molecule has 0 spiro atoms. The van der Waals surface area contributed by atoms with Crippen molar-refractivity contribution in [1.29, 1.82) is 0 Å². The monoisotopic (exact) mass is 401 g/mol. The third-order valence-corrected chi connectivity index (χ3v) is 4.71. The highest BCUT2D eigenvalue weighted by Crippen LogP contribution is 2.33. The van der Waals surface area contributed by atoms with Gasteiger partial charge in [0.05, 0.1) is 7.57 Å². The summed E-state index contributed by atoms with van der Waals surface area (Å²) in [6, 6.07) is 8.62. The molecule has 1 heterocycles. The highest BCUT2D eigenvalue weighted by Gasteiger charge is 2.15. The van der Waals surface area contributed by atoms with Gasteiger partial charge in [0.25, 0.3) is 0 Å². The lowest BCUT2D eigenvalue weighted by Crippen LogP contribution is -2.06. The average molecular weight is 403 g/mol. The van der Waals surface area contributed by atoms with Gasteiger partial charge in [-0.05, 0) is 62.2 Å². The second-order valence-corrected chi connectivity index (χ2v) is 7.57. The van der Waals surface area contributed by atoms with Crippen LogP contribution in [0.3, 0.4) is 0 Å². The number of carbonyl (C=O) groups excluding carboxylic acids is 2. The fourth-order valence-electron chi connectivity index (χ4n) is 1.56. The fourth-order valence-corrected chi connectivity index (χ4v) is 4.35. The van der Waals surface area contributed by atoms with Crippen LogP contribution in [0.5, 0.6) is 0 Å². The molecular weight excluding hydrogens is 394 g/mol. The molecule has 19 heavy (non-hydrogen) atoms. The molecule has 0 bridgehead atoms. The van der Waals surface area contributed by atoms with Crippen molar-refractivity contribution in [2.24, 2.45) is 0 Å². The van der Waals surface area contributed by atoms with Crippen molar-refractivity contribution in [3.8, 4) is 0 Å². The number of amides is 1. The molecule has 6 heteroatoms. The van der Waals surface area contributed by atoms with Gasteiger partial charge in [0.1, 0.15) is 0 Å². The first kappa shape index (κ1) is 14.4. The van der Waals surface area contributed by atoms with Crippen LogP contribution in [0.4, 0.5) is 5.69 Å². The van der Waals surface area contributed by atoms with Crippen LogP contribution in [0.25, 0.3) is 0 Å². The second kappa shape index (κ2) is 5.98. The van der Waals surface area contributed by atoms with Crippen LogP contribution in [0, 0.1) is 0 Å². The SMILES string of the molecule is CC(=O)Nc1ccc(C(=O)c2cc(Br)sc2Br)cc1. The highest BCUT2D eigenvalue weighted by atomic mass is 79.9. The topological polar surface area (TPSA) is 46.2 Å². The maximum Gasteiger partial charge on any atom is 0.221 e. The number of ketones is 1. The lowest BCUT2D eigenvalue weighted by Gasteiger charge is -2.03. The van der Waals surface area contributed by atoms with Crippen LogP contribution in [0.1, 0.15) is 22.8 Å². The van der Waals surface area contributed by atoms with Crippen molar-refractivity contribution < 1.29 is 9.59 Å². The van der Waals surface area contributed by atoms with E-state index in [-0.39, 0.29) is 11.7 Å². The van der Waals surface area contributed by atoms with Crippen molar-refractivity contribution in [2.45, 2.75) is 6.92 Å². The average Bonchev–Trinajstić information content (AvgIpc) is 2.68. The molecule has 0 aliphatic heterocycles. The Morgan fingerprint density at radius 2 is 1.79 bits per heavy atom. The van der Waals surface area contributed by atoms with E-state index in [4.69, 9.17) is 0 Å². The molecule has 0 radical (unpaired) electrons. The number of halogens is 2. The van der Waals surface area contributed by atoms with Crippen LogP contribution >= 0.6 is 43.2 Å². The van der Waals surface area contributed by atoms with Crippen LogP contribution in [-0.2, 0) is 4.79 Å². The zero-order chi connectivity index (χ0) is 14.0. The molecule has 1 amide bonds. The van der Waals surface area contributed by atoms with E-state index in [0.29, 0.717) is 16.8 Å². The number of hydrogen-bond acceptors (Lipinski definition) is 3. The number of hydrogen-bond donors (Lipinski definition) is 1. The molecule has 0 saturated carbocycles. The minimum Gasteiger partial charge on any atom is -0.326 e. The molecule has 0 fully saturated rings. The lowest BCUT2D eigenvalue weighted by molar-refractivity contribution is -0.114. The van der Waals surface area contributed by atoms with Crippen molar-refractivity contribution >= 4 is 60.6 Å². The first-order valence-electron chi connectivity index (χ1n) is 5.34. The van der Waals surface area contributed by atoms with Crippen molar-refractivity contribution in [2.75, 3.05) is 5.32 Å². The largest absolute Gasteiger partial charge is 0.326 e. The van der Waals surface area contributed by atoms with E-state index in [1.165, 1.54) is 18.3 Å². The number of anilines is 1. The Morgan fingerprint density at radius 1 is 1.16 bits per heavy atom. The molecule has 0 unspecified atom stereocenters. The molecule has 3 nitrogen and oxygen atoms in total.